The van der Waals surface area contributed by atoms with E-state index in [0.717, 1.165) is 6.07 Å². The molecule has 0 aliphatic rings. The summed E-state index contributed by atoms with van der Waals surface area (Å²) < 4.78 is 42.5. The highest BCUT2D eigenvalue weighted by atomic mass is 32.2. The molecule has 3 aromatic rings. The Morgan fingerprint density at radius 2 is 1.93 bits per heavy atom. The van der Waals surface area contributed by atoms with Crippen molar-refractivity contribution in [2.45, 2.75) is 11.8 Å². The molecule has 27 heavy (non-hydrogen) atoms. The van der Waals surface area contributed by atoms with Gasteiger partial charge in [-0.15, -0.1) is 0 Å². The van der Waals surface area contributed by atoms with E-state index in [2.05, 4.69) is 15.1 Å². The summed E-state index contributed by atoms with van der Waals surface area (Å²) in [6.07, 6.45) is 1.68. The molecule has 0 fully saturated rings. The van der Waals surface area contributed by atoms with Crippen molar-refractivity contribution in [1.29, 1.82) is 0 Å². The first-order valence-electron chi connectivity index (χ1n) is 7.95. The number of benzene rings is 2. The molecule has 0 atom stereocenters. The van der Waals surface area contributed by atoms with Gasteiger partial charge in [-0.25, -0.2) is 12.8 Å². The molecular weight excluding hydrogens is 371 g/mol. The lowest BCUT2D eigenvalue weighted by atomic mass is 10.2. The van der Waals surface area contributed by atoms with Gasteiger partial charge in [0, 0.05) is 30.6 Å². The average molecular weight is 388 g/mol. The molecule has 1 heterocycles. The second-order valence-electron chi connectivity index (χ2n) is 5.93. The molecule has 140 valence electrons. The molecule has 7 nitrogen and oxygen atoms in total. The number of rotatable bonds is 5. The van der Waals surface area contributed by atoms with Gasteiger partial charge < -0.3 is 5.32 Å². The largest absolute Gasteiger partial charge is 0.305 e. The van der Waals surface area contributed by atoms with E-state index in [-0.39, 0.29) is 16.1 Å². The van der Waals surface area contributed by atoms with E-state index in [0.29, 0.717) is 11.4 Å². The normalized spacial score (nSPS) is 11.2. The number of hydrogen-bond donors (Lipinski definition) is 2. The summed E-state index contributed by atoms with van der Waals surface area (Å²) in [5.41, 5.74) is 0.780. The zero-order chi connectivity index (χ0) is 19.6. The third-order valence-corrected chi connectivity index (χ3v) is 5.16. The Bertz CT molecular complexity index is 1110. The Kier molecular flexibility index (Phi) is 4.95. The molecule has 0 aliphatic carbocycles. The van der Waals surface area contributed by atoms with Gasteiger partial charge in [0.15, 0.2) is 5.82 Å². The van der Waals surface area contributed by atoms with Gasteiger partial charge >= 0.3 is 0 Å². The minimum Gasteiger partial charge on any atom is -0.305 e. The number of hydrogen-bond acceptors (Lipinski definition) is 4. The maximum Gasteiger partial charge on any atom is 0.261 e. The second-order valence-corrected chi connectivity index (χ2v) is 7.61. The van der Waals surface area contributed by atoms with Gasteiger partial charge in [0.2, 0.25) is 0 Å². The molecule has 0 saturated carbocycles. The van der Waals surface area contributed by atoms with Crippen molar-refractivity contribution in [3.63, 3.8) is 0 Å². The van der Waals surface area contributed by atoms with E-state index in [9.17, 15) is 17.6 Å². The van der Waals surface area contributed by atoms with Crippen molar-refractivity contribution < 1.29 is 17.6 Å². The number of aryl methyl sites for hydroxylation is 2. The predicted octanol–water partition coefficient (Wildman–Crippen LogP) is 2.92. The Balaban J connectivity index is 1.80. The zero-order valence-electron chi connectivity index (χ0n) is 14.6. The van der Waals surface area contributed by atoms with Gasteiger partial charge in [0.25, 0.3) is 15.9 Å². The van der Waals surface area contributed by atoms with E-state index >= 15 is 0 Å². The number of aromatic nitrogens is 2. The van der Waals surface area contributed by atoms with Crippen molar-refractivity contribution in [1.82, 2.24) is 9.78 Å². The van der Waals surface area contributed by atoms with E-state index in [1.165, 1.54) is 24.3 Å². The Morgan fingerprint density at radius 3 is 2.59 bits per heavy atom. The highest BCUT2D eigenvalue weighted by Gasteiger charge is 2.17. The molecule has 0 saturated heterocycles. The first-order chi connectivity index (χ1) is 12.7. The van der Waals surface area contributed by atoms with Crippen LogP contribution in [0, 0.1) is 12.7 Å². The molecule has 1 aromatic heterocycles. The van der Waals surface area contributed by atoms with Gasteiger partial charge in [-0.2, -0.15) is 5.10 Å². The van der Waals surface area contributed by atoms with Crippen LogP contribution in [0.3, 0.4) is 0 Å². The third kappa shape index (κ3) is 4.32. The van der Waals surface area contributed by atoms with Crippen LogP contribution >= 0.6 is 0 Å². The summed E-state index contributed by atoms with van der Waals surface area (Å²) in [6.45, 7) is 1.54. The fourth-order valence-corrected chi connectivity index (χ4v) is 3.41. The standard InChI is InChI=1S/C18H17FN4O3S/c1-12-6-7-15(11-16(12)19)27(25,26)22-14-5-3-4-13(10-14)18(24)20-17-8-9-23(2)21-17/h3-11,22H,1-2H3,(H,20,21,24). The van der Waals surface area contributed by atoms with E-state index < -0.39 is 21.7 Å². The van der Waals surface area contributed by atoms with E-state index in [1.807, 2.05) is 0 Å². The first kappa shape index (κ1) is 18.6. The highest BCUT2D eigenvalue weighted by molar-refractivity contribution is 7.92. The van der Waals surface area contributed by atoms with Crippen molar-refractivity contribution in [2.75, 3.05) is 10.0 Å². The zero-order valence-corrected chi connectivity index (χ0v) is 15.4. The Hall–Kier alpha value is -3.20. The molecule has 0 radical (unpaired) electrons. The predicted molar refractivity (Wildman–Crippen MR) is 99.5 cm³/mol. The smallest absolute Gasteiger partial charge is 0.261 e. The van der Waals surface area contributed by atoms with Crippen molar-refractivity contribution in [3.8, 4) is 0 Å². The number of nitrogens with one attached hydrogen (secondary N) is 2. The number of anilines is 2. The van der Waals surface area contributed by atoms with Crippen LogP contribution in [-0.4, -0.2) is 24.1 Å². The summed E-state index contributed by atoms with van der Waals surface area (Å²) in [5, 5.41) is 6.67. The number of carbonyl (C=O) groups excluding carboxylic acids is 1. The molecule has 2 aromatic carbocycles. The Morgan fingerprint density at radius 1 is 1.15 bits per heavy atom. The molecule has 3 rings (SSSR count). The maximum absolute atomic E-state index is 13.7. The molecule has 0 bridgehead atoms. The number of amides is 1. The van der Waals surface area contributed by atoms with Crippen LogP contribution < -0.4 is 10.0 Å². The van der Waals surface area contributed by atoms with Crippen LogP contribution in [0.1, 0.15) is 15.9 Å². The number of sulfonamides is 1. The number of carbonyl (C=O) groups is 1. The van der Waals surface area contributed by atoms with E-state index in [1.54, 1.807) is 43.0 Å². The van der Waals surface area contributed by atoms with Gasteiger partial charge in [-0.1, -0.05) is 12.1 Å². The summed E-state index contributed by atoms with van der Waals surface area (Å²) >= 11 is 0. The minimum absolute atomic E-state index is 0.185. The highest BCUT2D eigenvalue weighted by Crippen LogP contribution is 2.20. The fourth-order valence-electron chi connectivity index (χ4n) is 2.35. The van der Waals surface area contributed by atoms with Gasteiger partial charge in [-0.3, -0.25) is 14.2 Å². The second kappa shape index (κ2) is 7.20. The SMILES string of the molecule is Cc1ccc(S(=O)(=O)Nc2cccc(C(=O)Nc3ccn(C)n3)c2)cc1F. The lowest BCUT2D eigenvalue weighted by Crippen LogP contribution is -2.15. The quantitative estimate of drug-likeness (QED) is 0.703. The lowest BCUT2D eigenvalue weighted by molar-refractivity contribution is 0.102. The number of halogens is 1. The molecule has 0 aliphatic heterocycles. The number of nitrogens with zero attached hydrogens (tertiary/aromatic N) is 2. The molecular formula is C18H17FN4O3S. The summed E-state index contributed by atoms with van der Waals surface area (Å²) in [7, 11) is -2.27. The molecule has 1 amide bonds. The first-order valence-corrected chi connectivity index (χ1v) is 9.43. The fraction of sp³-hybridized carbons (Fsp3) is 0.111. The van der Waals surface area contributed by atoms with Crippen LogP contribution in [-0.2, 0) is 17.1 Å². The van der Waals surface area contributed by atoms with Crippen LogP contribution in [0.15, 0.2) is 59.6 Å². The molecule has 9 heteroatoms. The minimum atomic E-state index is -3.99. The van der Waals surface area contributed by atoms with E-state index in [4.69, 9.17) is 0 Å². The van der Waals surface area contributed by atoms with Crippen molar-refractivity contribution in [2.24, 2.45) is 7.05 Å². The third-order valence-electron chi connectivity index (χ3n) is 3.79. The average Bonchev–Trinajstić information content (AvgIpc) is 3.02. The van der Waals surface area contributed by atoms with Gasteiger partial charge in [0.05, 0.1) is 4.90 Å². The maximum atomic E-state index is 13.7. The summed E-state index contributed by atoms with van der Waals surface area (Å²) in [4.78, 5) is 12.1. The van der Waals surface area contributed by atoms with Crippen LogP contribution in [0.2, 0.25) is 0 Å². The molecule has 0 unspecified atom stereocenters. The monoisotopic (exact) mass is 388 g/mol. The molecule has 0 spiro atoms. The van der Waals surface area contributed by atoms with Crippen LogP contribution in [0.5, 0.6) is 0 Å². The van der Waals surface area contributed by atoms with Crippen molar-refractivity contribution >= 4 is 27.4 Å². The molecule has 2 N–H and O–H groups in total. The summed E-state index contributed by atoms with van der Waals surface area (Å²) in [6, 6.07) is 11.3. The van der Waals surface area contributed by atoms with Crippen molar-refractivity contribution in [3.05, 3.63) is 71.7 Å². The Labute approximate surface area is 155 Å². The van der Waals surface area contributed by atoms with Crippen LogP contribution in [0.4, 0.5) is 15.9 Å². The topological polar surface area (TPSA) is 93.1 Å². The van der Waals surface area contributed by atoms with Gasteiger partial charge in [0.1, 0.15) is 5.82 Å². The summed E-state index contributed by atoms with van der Waals surface area (Å²) in [5.74, 6) is -0.666. The van der Waals surface area contributed by atoms with Crippen LogP contribution in [0.25, 0.3) is 0 Å². The lowest BCUT2D eigenvalue weighted by Gasteiger charge is -2.10. The van der Waals surface area contributed by atoms with Gasteiger partial charge in [-0.05, 0) is 42.8 Å².